The average Bonchev–Trinajstić information content (AvgIpc) is 2.76. The summed E-state index contributed by atoms with van der Waals surface area (Å²) in [4.78, 5) is 8.36. The molecule has 19 heavy (non-hydrogen) atoms. The lowest BCUT2D eigenvalue weighted by Gasteiger charge is -2.07. The normalized spacial score (nSPS) is 10.8. The maximum atomic E-state index is 5.99. The van der Waals surface area contributed by atoms with Gasteiger partial charge in [-0.05, 0) is 29.8 Å². The molecular formula is C14H14N4O. The number of nitrogen functional groups attached to an aromatic ring is 1. The van der Waals surface area contributed by atoms with Gasteiger partial charge in [-0.1, -0.05) is 0 Å². The number of nitrogens with zero attached hydrogens (tertiary/aromatic N) is 3. The van der Waals surface area contributed by atoms with E-state index in [1.807, 2.05) is 34.9 Å². The first kappa shape index (κ1) is 11.5. The molecule has 0 amide bonds. The number of hydrogen-bond acceptors (Lipinski definition) is 4. The maximum absolute atomic E-state index is 5.99. The smallest absolute Gasteiger partial charge is 0.201 e. The number of pyridine rings is 1. The van der Waals surface area contributed by atoms with Crippen molar-refractivity contribution in [2.24, 2.45) is 0 Å². The average molecular weight is 254 g/mol. The van der Waals surface area contributed by atoms with E-state index >= 15 is 0 Å². The van der Waals surface area contributed by atoms with Gasteiger partial charge in [-0.2, -0.15) is 0 Å². The summed E-state index contributed by atoms with van der Waals surface area (Å²) in [7, 11) is 1.65. The van der Waals surface area contributed by atoms with Gasteiger partial charge in [0.1, 0.15) is 5.75 Å². The highest BCUT2D eigenvalue weighted by Crippen LogP contribution is 2.23. The molecule has 1 aromatic carbocycles. The van der Waals surface area contributed by atoms with Crippen LogP contribution in [0.5, 0.6) is 5.75 Å². The fraction of sp³-hybridized carbons (Fsp3) is 0.143. The van der Waals surface area contributed by atoms with E-state index in [1.54, 1.807) is 19.5 Å². The Hall–Kier alpha value is -2.56. The summed E-state index contributed by atoms with van der Waals surface area (Å²) in [6.45, 7) is 0.665. The van der Waals surface area contributed by atoms with E-state index in [4.69, 9.17) is 10.5 Å². The van der Waals surface area contributed by atoms with Gasteiger partial charge in [0.25, 0.3) is 0 Å². The van der Waals surface area contributed by atoms with Crippen LogP contribution in [-0.2, 0) is 6.54 Å². The first-order valence-corrected chi connectivity index (χ1v) is 5.96. The molecule has 0 saturated heterocycles. The van der Waals surface area contributed by atoms with Crippen LogP contribution < -0.4 is 10.5 Å². The number of anilines is 1. The predicted octanol–water partition coefficient (Wildman–Crippen LogP) is 2.07. The molecule has 0 unspecified atom stereocenters. The highest BCUT2D eigenvalue weighted by Gasteiger charge is 2.09. The fourth-order valence-electron chi connectivity index (χ4n) is 2.09. The SMILES string of the molecule is COc1ccc2nc(N)n(Cc3ccncc3)c2c1. The number of benzene rings is 1. The predicted molar refractivity (Wildman–Crippen MR) is 74.0 cm³/mol. The van der Waals surface area contributed by atoms with Crippen molar-refractivity contribution in [3.8, 4) is 5.75 Å². The van der Waals surface area contributed by atoms with E-state index in [-0.39, 0.29) is 0 Å². The topological polar surface area (TPSA) is 66.0 Å². The summed E-state index contributed by atoms with van der Waals surface area (Å²) in [5, 5.41) is 0. The van der Waals surface area contributed by atoms with Gasteiger partial charge in [-0.25, -0.2) is 4.98 Å². The molecule has 0 aliphatic rings. The number of ether oxygens (including phenoxy) is 1. The summed E-state index contributed by atoms with van der Waals surface area (Å²) >= 11 is 0. The lowest BCUT2D eigenvalue weighted by atomic mass is 10.2. The number of imidazole rings is 1. The number of nitrogens with two attached hydrogens (primary N) is 1. The van der Waals surface area contributed by atoms with E-state index < -0.39 is 0 Å². The molecule has 0 bridgehead atoms. The van der Waals surface area contributed by atoms with Gasteiger partial charge in [-0.3, -0.25) is 4.98 Å². The van der Waals surface area contributed by atoms with Crippen molar-refractivity contribution in [2.45, 2.75) is 6.54 Å². The van der Waals surface area contributed by atoms with Crippen molar-refractivity contribution in [3.05, 3.63) is 48.3 Å². The van der Waals surface area contributed by atoms with Gasteiger partial charge in [0.2, 0.25) is 5.95 Å². The van der Waals surface area contributed by atoms with Gasteiger partial charge < -0.3 is 15.0 Å². The van der Waals surface area contributed by atoms with Gasteiger partial charge in [0.15, 0.2) is 0 Å². The molecule has 2 N–H and O–H groups in total. The second-order valence-corrected chi connectivity index (χ2v) is 4.27. The van der Waals surface area contributed by atoms with Crippen molar-refractivity contribution in [3.63, 3.8) is 0 Å². The standard InChI is InChI=1S/C14H14N4O/c1-19-11-2-3-12-13(8-11)18(14(15)17-12)9-10-4-6-16-7-5-10/h2-8H,9H2,1H3,(H2,15,17). The molecule has 5 heteroatoms. The minimum absolute atomic E-state index is 0.500. The lowest BCUT2D eigenvalue weighted by Crippen LogP contribution is -2.04. The number of aromatic nitrogens is 3. The third-order valence-electron chi connectivity index (χ3n) is 3.07. The lowest BCUT2D eigenvalue weighted by molar-refractivity contribution is 0.415. The Labute approximate surface area is 110 Å². The Morgan fingerprint density at radius 2 is 2.00 bits per heavy atom. The van der Waals surface area contributed by atoms with E-state index in [2.05, 4.69) is 9.97 Å². The highest BCUT2D eigenvalue weighted by atomic mass is 16.5. The Kier molecular flexibility index (Phi) is 2.79. The maximum Gasteiger partial charge on any atom is 0.201 e. The molecule has 0 fully saturated rings. The van der Waals surface area contributed by atoms with Crippen LogP contribution in [0, 0.1) is 0 Å². The number of rotatable bonds is 3. The minimum atomic E-state index is 0.500. The van der Waals surface area contributed by atoms with Crippen LogP contribution in [0.15, 0.2) is 42.7 Å². The summed E-state index contributed by atoms with van der Waals surface area (Å²) in [6, 6.07) is 9.66. The Morgan fingerprint density at radius 1 is 1.21 bits per heavy atom. The first-order chi connectivity index (χ1) is 9.28. The van der Waals surface area contributed by atoms with Crippen LogP contribution >= 0.6 is 0 Å². The zero-order valence-corrected chi connectivity index (χ0v) is 10.6. The second kappa shape index (κ2) is 4.61. The molecule has 0 aliphatic carbocycles. The van der Waals surface area contributed by atoms with E-state index in [0.717, 1.165) is 22.3 Å². The second-order valence-electron chi connectivity index (χ2n) is 4.27. The van der Waals surface area contributed by atoms with Crippen molar-refractivity contribution in [1.29, 1.82) is 0 Å². The molecule has 0 saturated carbocycles. The molecule has 5 nitrogen and oxygen atoms in total. The van der Waals surface area contributed by atoms with Crippen LogP contribution in [-0.4, -0.2) is 21.6 Å². The molecule has 96 valence electrons. The zero-order valence-electron chi connectivity index (χ0n) is 10.6. The van der Waals surface area contributed by atoms with Crippen LogP contribution in [0.2, 0.25) is 0 Å². The molecule has 0 radical (unpaired) electrons. The molecule has 0 aliphatic heterocycles. The van der Waals surface area contributed by atoms with E-state index in [0.29, 0.717) is 12.5 Å². The minimum Gasteiger partial charge on any atom is -0.497 e. The zero-order chi connectivity index (χ0) is 13.2. The van der Waals surface area contributed by atoms with E-state index in [9.17, 15) is 0 Å². The summed E-state index contributed by atoms with van der Waals surface area (Å²) in [5.74, 6) is 1.29. The molecule has 0 spiro atoms. The van der Waals surface area contributed by atoms with Gasteiger partial charge in [-0.15, -0.1) is 0 Å². The largest absolute Gasteiger partial charge is 0.497 e. The molecule has 2 heterocycles. The van der Waals surface area contributed by atoms with E-state index in [1.165, 1.54) is 0 Å². The van der Waals surface area contributed by atoms with Gasteiger partial charge in [0.05, 0.1) is 24.7 Å². The van der Waals surface area contributed by atoms with Crippen LogP contribution in [0.4, 0.5) is 5.95 Å². The highest BCUT2D eigenvalue weighted by molar-refractivity contribution is 5.80. The van der Waals surface area contributed by atoms with Crippen molar-refractivity contribution in [1.82, 2.24) is 14.5 Å². The monoisotopic (exact) mass is 254 g/mol. The summed E-state index contributed by atoms with van der Waals surface area (Å²) < 4.78 is 7.21. The number of fused-ring (bicyclic) bond motifs is 1. The summed E-state index contributed by atoms with van der Waals surface area (Å²) in [5.41, 5.74) is 8.95. The summed E-state index contributed by atoms with van der Waals surface area (Å²) in [6.07, 6.45) is 3.54. The van der Waals surface area contributed by atoms with Crippen LogP contribution in [0.1, 0.15) is 5.56 Å². The number of methoxy groups -OCH3 is 1. The van der Waals surface area contributed by atoms with Crippen molar-refractivity contribution in [2.75, 3.05) is 12.8 Å². The van der Waals surface area contributed by atoms with Crippen LogP contribution in [0.3, 0.4) is 0 Å². The molecule has 0 atom stereocenters. The van der Waals surface area contributed by atoms with Crippen molar-refractivity contribution < 1.29 is 4.74 Å². The number of hydrogen-bond donors (Lipinski definition) is 1. The third-order valence-corrected chi connectivity index (χ3v) is 3.07. The molecule has 2 aromatic heterocycles. The van der Waals surface area contributed by atoms with Gasteiger partial charge >= 0.3 is 0 Å². The molecular weight excluding hydrogens is 240 g/mol. The quantitative estimate of drug-likeness (QED) is 0.777. The van der Waals surface area contributed by atoms with Crippen molar-refractivity contribution >= 4 is 17.0 Å². The van der Waals surface area contributed by atoms with Crippen LogP contribution in [0.25, 0.3) is 11.0 Å². The molecule has 3 aromatic rings. The fourth-order valence-corrected chi connectivity index (χ4v) is 2.09. The Balaban J connectivity index is 2.09. The molecule has 3 rings (SSSR count). The van der Waals surface area contributed by atoms with Gasteiger partial charge in [0, 0.05) is 18.5 Å². The Bertz CT molecular complexity index is 706. The third kappa shape index (κ3) is 2.10. The Morgan fingerprint density at radius 3 is 2.74 bits per heavy atom. The first-order valence-electron chi connectivity index (χ1n) is 5.96.